The van der Waals surface area contributed by atoms with Gasteiger partial charge >= 0.3 is 0 Å². The molecule has 2 aromatic carbocycles. The van der Waals surface area contributed by atoms with E-state index in [9.17, 15) is 9.18 Å². The van der Waals surface area contributed by atoms with Crippen LogP contribution >= 0.6 is 0 Å². The van der Waals surface area contributed by atoms with Crippen LogP contribution in [0.4, 0.5) is 15.9 Å². The number of fused-ring (bicyclic) bond motifs is 1. The van der Waals surface area contributed by atoms with Crippen LogP contribution in [0.25, 0.3) is 5.69 Å². The lowest BCUT2D eigenvalue weighted by atomic mass is 9.76. The Labute approximate surface area is 151 Å². The Balaban J connectivity index is 1.87. The minimum absolute atomic E-state index is 0.0391. The molecule has 4 rings (SSSR count). The molecule has 0 fully saturated rings. The Morgan fingerprint density at radius 1 is 1.04 bits per heavy atom. The summed E-state index contributed by atoms with van der Waals surface area (Å²) in [6, 6.07) is 16.1. The summed E-state index contributed by atoms with van der Waals surface area (Å²) in [5.41, 5.74) is 2.50. The van der Waals surface area contributed by atoms with Crippen LogP contribution in [0.2, 0.25) is 0 Å². The lowest BCUT2D eigenvalue weighted by Gasteiger charge is -2.29. The first-order valence-corrected chi connectivity index (χ1v) is 8.67. The van der Waals surface area contributed by atoms with Gasteiger partial charge in [-0.25, -0.2) is 9.07 Å². The fourth-order valence-corrected chi connectivity index (χ4v) is 3.51. The van der Waals surface area contributed by atoms with Crippen molar-refractivity contribution in [3.8, 4) is 5.69 Å². The molecule has 0 aliphatic heterocycles. The van der Waals surface area contributed by atoms with Gasteiger partial charge in [-0.1, -0.05) is 44.2 Å². The Bertz CT molecular complexity index is 976. The number of benzene rings is 2. The highest BCUT2D eigenvalue weighted by Crippen LogP contribution is 2.39. The van der Waals surface area contributed by atoms with E-state index in [4.69, 9.17) is 0 Å². The molecule has 1 aromatic heterocycles. The Kier molecular flexibility index (Phi) is 3.87. The van der Waals surface area contributed by atoms with Crippen LogP contribution in [0.3, 0.4) is 0 Å². The zero-order chi connectivity index (χ0) is 18.3. The van der Waals surface area contributed by atoms with Crippen molar-refractivity contribution in [1.29, 1.82) is 0 Å². The summed E-state index contributed by atoms with van der Waals surface area (Å²) in [6.07, 6.45) is 1.18. The third-order valence-electron chi connectivity index (χ3n) is 4.67. The molecule has 0 bridgehead atoms. The Morgan fingerprint density at radius 3 is 2.46 bits per heavy atom. The predicted molar refractivity (Wildman–Crippen MR) is 99.7 cm³/mol. The van der Waals surface area contributed by atoms with Crippen LogP contribution in [0.15, 0.2) is 54.6 Å². The van der Waals surface area contributed by atoms with Crippen LogP contribution in [-0.2, 0) is 6.42 Å². The molecule has 1 heterocycles. The molecule has 0 amide bonds. The number of rotatable bonds is 3. The van der Waals surface area contributed by atoms with Gasteiger partial charge in [0.1, 0.15) is 5.82 Å². The van der Waals surface area contributed by atoms with Crippen molar-refractivity contribution in [2.45, 2.75) is 26.7 Å². The van der Waals surface area contributed by atoms with Gasteiger partial charge in [0.05, 0.1) is 22.6 Å². The number of halogens is 1. The normalized spacial score (nSPS) is 15.6. The van der Waals surface area contributed by atoms with Gasteiger partial charge in [-0.2, -0.15) is 0 Å². The molecule has 4 nitrogen and oxygen atoms in total. The van der Waals surface area contributed by atoms with Crippen molar-refractivity contribution < 1.29 is 9.18 Å². The number of ketones is 1. The summed E-state index contributed by atoms with van der Waals surface area (Å²) in [5.74, 6) is 0.0748. The van der Waals surface area contributed by atoms with Crippen molar-refractivity contribution in [2.24, 2.45) is 5.41 Å². The van der Waals surface area contributed by atoms with Crippen LogP contribution in [0.5, 0.6) is 0 Å². The van der Waals surface area contributed by atoms with Crippen molar-refractivity contribution in [2.75, 3.05) is 5.32 Å². The van der Waals surface area contributed by atoms with Crippen LogP contribution in [0, 0.1) is 11.2 Å². The molecular weight excluding hydrogens is 329 g/mol. The van der Waals surface area contributed by atoms with Crippen LogP contribution in [0.1, 0.15) is 36.3 Å². The number of carbonyl (C=O) groups excluding carboxylic acids is 1. The van der Waals surface area contributed by atoms with E-state index >= 15 is 0 Å². The zero-order valence-corrected chi connectivity index (χ0v) is 14.8. The molecule has 0 saturated heterocycles. The van der Waals surface area contributed by atoms with E-state index in [-0.39, 0.29) is 17.0 Å². The zero-order valence-electron chi connectivity index (χ0n) is 14.8. The van der Waals surface area contributed by atoms with E-state index in [0.717, 1.165) is 17.8 Å². The predicted octanol–water partition coefficient (Wildman–Crippen LogP) is 4.91. The second kappa shape index (κ2) is 6.09. The van der Waals surface area contributed by atoms with E-state index in [0.29, 0.717) is 23.5 Å². The number of Topliss-reactive ketones (excluding diaryl/α,β-unsaturated/α-hetero) is 1. The van der Waals surface area contributed by atoms with Gasteiger partial charge in [0.15, 0.2) is 11.6 Å². The van der Waals surface area contributed by atoms with E-state index in [1.165, 1.54) is 6.07 Å². The average Bonchev–Trinajstić information content (AvgIpc) is 2.95. The van der Waals surface area contributed by atoms with Crippen molar-refractivity contribution in [1.82, 2.24) is 9.78 Å². The van der Waals surface area contributed by atoms with E-state index in [1.54, 1.807) is 22.9 Å². The Morgan fingerprint density at radius 2 is 1.73 bits per heavy atom. The highest BCUT2D eigenvalue weighted by atomic mass is 19.1. The molecule has 0 saturated carbocycles. The lowest BCUT2D eigenvalue weighted by molar-refractivity contribution is 0.0912. The largest absolute Gasteiger partial charge is 0.336 e. The highest BCUT2D eigenvalue weighted by molar-refractivity contribution is 6.03. The van der Waals surface area contributed by atoms with Crippen molar-refractivity contribution in [3.63, 3.8) is 0 Å². The summed E-state index contributed by atoms with van der Waals surface area (Å²) >= 11 is 0. The van der Waals surface area contributed by atoms with Gasteiger partial charge in [-0.05, 0) is 36.1 Å². The molecule has 0 atom stereocenters. The average molecular weight is 349 g/mol. The van der Waals surface area contributed by atoms with E-state index < -0.39 is 0 Å². The van der Waals surface area contributed by atoms with Gasteiger partial charge in [-0.15, -0.1) is 5.10 Å². The first-order valence-electron chi connectivity index (χ1n) is 8.67. The highest BCUT2D eigenvalue weighted by Gasteiger charge is 2.37. The monoisotopic (exact) mass is 349 g/mol. The van der Waals surface area contributed by atoms with Crippen LogP contribution < -0.4 is 5.32 Å². The smallest absolute Gasteiger partial charge is 0.169 e. The molecule has 1 aliphatic rings. The minimum atomic E-state index is -0.376. The Hall–Kier alpha value is -2.95. The maximum absolute atomic E-state index is 14.1. The molecule has 1 aliphatic carbocycles. The molecule has 1 N–H and O–H groups in total. The number of hydrogen-bond donors (Lipinski definition) is 1. The molecule has 0 radical (unpaired) electrons. The second-order valence-corrected chi connectivity index (χ2v) is 7.46. The molecule has 3 aromatic rings. The summed E-state index contributed by atoms with van der Waals surface area (Å²) < 4.78 is 15.9. The summed E-state index contributed by atoms with van der Waals surface area (Å²) in [4.78, 5) is 12.9. The van der Waals surface area contributed by atoms with Gasteiger partial charge in [0.2, 0.25) is 0 Å². The summed E-state index contributed by atoms with van der Waals surface area (Å²) in [5, 5.41) is 7.65. The number of carbonyl (C=O) groups is 1. The lowest BCUT2D eigenvalue weighted by Crippen LogP contribution is -2.28. The number of nitrogens with zero attached hydrogens (tertiary/aromatic N) is 2. The first-order chi connectivity index (χ1) is 12.4. The van der Waals surface area contributed by atoms with E-state index in [1.807, 2.05) is 30.3 Å². The fourth-order valence-electron chi connectivity index (χ4n) is 3.51. The molecule has 5 heteroatoms. The fraction of sp³-hybridized carbons (Fsp3) is 0.238. The first kappa shape index (κ1) is 16.5. The van der Waals surface area contributed by atoms with Gasteiger partial charge in [0.25, 0.3) is 0 Å². The second-order valence-electron chi connectivity index (χ2n) is 7.46. The quantitative estimate of drug-likeness (QED) is 0.731. The van der Waals surface area contributed by atoms with E-state index in [2.05, 4.69) is 24.3 Å². The maximum Gasteiger partial charge on any atom is 0.169 e. The molecule has 26 heavy (non-hydrogen) atoms. The number of aromatic nitrogens is 2. The summed E-state index contributed by atoms with van der Waals surface area (Å²) in [7, 11) is 0. The molecular formula is C21H20FN3O. The van der Waals surface area contributed by atoms with Crippen molar-refractivity contribution in [3.05, 3.63) is 71.7 Å². The number of nitrogens with one attached hydrogen (secondary N) is 1. The molecule has 0 spiro atoms. The van der Waals surface area contributed by atoms with Gasteiger partial charge in [-0.3, -0.25) is 4.79 Å². The maximum atomic E-state index is 14.1. The van der Waals surface area contributed by atoms with Crippen molar-refractivity contribution >= 4 is 17.3 Å². The third kappa shape index (κ3) is 2.90. The number of anilines is 2. The minimum Gasteiger partial charge on any atom is -0.336 e. The topological polar surface area (TPSA) is 46.9 Å². The van der Waals surface area contributed by atoms with Crippen LogP contribution in [-0.4, -0.2) is 15.6 Å². The number of para-hydroxylation sites is 2. The summed E-state index contributed by atoms with van der Waals surface area (Å²) in [6.45, 7) is 4.17. The molecule has 132 valence electrons. The standard InChI is InChI=1S/C21H20FN3O/c1-21(2)12-17-19(18(26)13-21)20(23-16-11-7-6-10-15(16)22)24-25(17)14-8-4-3-5-9-14/h3-11H,12-13H2,1-2H3,(H,23,24). The third-order valence-corrected chi connectivity index (χ3v) is 4.67. The SMILES string of the molecule is CC1(C)CC(=O)c2c(Nc3ccccc3F)nn(-c3ccccc3)c2C1. The van der Waals surface area contributed by atoms with Gasteiger partial charge < -0.3 is 5.32 Å². The van der Waals surface area contributed by atoms with Gasteiger partial charge in [0, 0.05) is 6.42 Å². The molecule has 0 unspecified atom stereocenters. The number of hydrogen-bond acceptors (Lipinski definition) is 3.